The fraction of sp³-hybridized carbons (Fsp3) is 0.429. The largest absolute Gasteiger partial charge is 0.458 e. The first-order valence-electron chi connectivity index (χ1n) is 5.57. The van der Waals surface area contributed by atoms with E-state index in [4.69, 9.17) is 4.42 Å². The molecule has 2 nitrogen and oxygen atoms in total. The third kappa shape index (κ3) is 1.85. The molecule has 0 aliphatic rings. The van der Waals surface area contributed by atoms with Crippen molar-refractivity contribution in [3.63, 3.8) is 0 Å². The number of hydrogen-bond acceptors (Lipinski definition) is 2. The molecule has 0 amide bonds. The lowest BCUT2D eigenvalue weighted by molar-refractivity contribution is 0.0448. The average Bonchev–Trinajstić information content (AvgIpc) is 2.60. The number of aliphatic hydroxyl groups is 1. The lowest BCUT2D eigenvalue weighted by atomic mass is 9.88. The lowest BCUT2D eigenvalue weighted by Gasteiger charge is -2.23. The van der Waals surface area contributed by atoms with Crippen LogP contribution in [0.25, 0.3) is 11.0 Å². The van der Waals surface area contributed by atoms with E-state index >= 15 is 0 Å². The van der Waals surface area contributed by atoms with Crippen LogP contribution in [0.1, 0.15) is 38.2 Å². The molecule has 1 atom stereocenters. The summed E-state index contributed by atoms with van der Waals surface area (Å²) >= 11 is 0. The van der Waals surface area contributed by atoms with Gasteiger partial charge in [0, 0.05) is 5.39 Å². The maximum Gasteiger partial charge on any atom is 0.137 e. The smallest absolute Gasteiger partial charge is 0.137 e. The SMILES string of the molecule is Cc1cccc2cc(C(O)C(C)(C)C)oc12. The summed E-state index contributed by atoms with van der Waals surface area (Å²) in [6.07, 6.45) is -0.570. The number of aryl methyl sites for hydroxylation is 1. The molecule has 0 saturated heterocycles. The van der Waals surface area contributed by atoms with Crippen molar-refractivity contribution in [3.05, 3.63) is 35.6 Å². The second kappa shape index (κ2) is 3.63. The summed E-state index contributed by atoms with van der Waals surface area (Å²) in [4.78, 5) is 0. The zero-order valence-electron chi connectivity index (χ0n) is 10.2. The third-order valence-electron chi connectivity index (χ3n) is 2.85. The molecule has 1 aromatic carbocycles. The van der Waals surface area contributed by atoms with Crippen molar-refractivity contribution in [1.82, 2.24) is 0 Å². The van der Waals surface area contributed by atoms with Gasteiger partial charge in [0.05, 0.1) is 0 Å². The molecule has 0 spiro atoms. The van der Waals surface area contributed by atoms with Gasteiger partial charge in [-0.1, -0.05) is 39.0 Å². The summed E-state index contributed by atoms with van der Waals surface area (Å²) in [5.74, 6) is 0.650. The Hall–Kier alpha value is -1.28. The van der Waals surface area contributed by atoms with Gasteiger partial charge in [0.1, 0.15) is 17.4 Å². The Balaban J connectivity index is 2.52. The summed E-state index contributed by atoms with van der Waals surface area (Å²) < 4.78 is 5.74. The van der Waals surface area contributed by atoms with E-state index in [0.29, 0.717) is 5.76 Å². The number of furan rings is 1. The highest BCUT2D eigenvalue weighted by molar-refractivity contribution is 5.80. The molecular formula is C14H18O2. The van der Waals surface area contributed by atoms with Gasteiger partial charge in [-0.05, 0) is 24.0 Å². The van der Waals surface area contributed by atoms with Crippen LogP contribution in [-0.4, -0.2) is 5.11 Å². The fourth-order valence-electron chi connectivity index (χ4n) is 1.79. The molecular weight excluding hydrogens is 200 g/mol. The normalized spacial score (nSPS) is 14.3. The van der Waals surface area contributed by atoms with E-state index < -0.39 is 6.10 Å². The minimum absolute atomic E-state index is 0.207. The summed E-state index contributed by atoms with van der Waals surface area (Å²) in [5, 5.41) is 11.2. The summed E-state index contributed by atoms with van der Waals surface area (Å²) in [6.45, 7) is 8.01. The van der Waals surface area contributed by atoms with Crippen molar-refractivity contribution in [2.24, 2.45) is 5.41 Å². The predicted molar refractivity (Wildman–Crippen MR) is 65.4 cm³/mol. The summed E-state index contributed by atoms with van der Waals surface area (Å²) in [5.41, 5.74) is 1.77. The van der Waals surface area contributed by atoms with Crippen LogP contribution in [0.2, 0.25) is 0 Å². The van der Waals surface area contributed by atoms with Gasteiger partial charge >= 0.3 is 0 Å². The Bertz CT molecular complexity index is 503. The Morgan fingerprint density at radius 2 is 1.94 bits per heavy atom. The van der Waals surface area contributed by atoms with Gasteiger partial charge in [-0.3, -0.25) is 0 Å². The van der Waals surface area contributed by atoms with Gasteiger partial charge in [0.2, 0.25) is 0 Å². The van der Waals surface area contributed by atoms with E-state index in [-0.39, 0.29) is 5.41 Å². The lowest BCUT2D eigenvalue weighted by Crippen LogP contribution is -2.16. The first-order valence-corrected chi connectivity index (χ1v) is 5.57. The van der Waals surface area contributed by atoms with Crippen molar-refractivity contribution < 1.29 is 9.52 Å². The van der Waals surface area contributed by atoms with E-state index in [1.807, 2.05) is 52.0 Å². The molecule has 0 fully saturated rings. The molecule has 2 aromatic rings. The number of fused-ring (bicyclic) bond motifs is 1. The molecule has 1 unspecified atom stereocenters. The number of para-hydroxylation sites is 1. The zero-order chi connectivity index (χ0) is 11.9. The molecule has 0 saturated carbocycles. The van der Waals surface area contributed by atoms with Gasteiger partial charge in [0.25, 0.3) is 0 Å². The number of rotatable bonds is 1. The van der Waals surface area contributed by atoms with E-state index in [0.717, 1.165) is 16.5 Å². The van der Waals surface area contributed by atoms with Crippen molar-refractivity contribution >= 4 is 11.0 Å². The Kier molecular flexibility index (Phi) is 2.55. The molecule has 16 heavy (non-hydrogen) atoms. The average molecular weight is 218 g/mol. The summed E-state index contributed by atoms with van der Waals surface area (Å²) in [7, 11) is 0. The molecule has 86 valence electrons. The van der Waals surface area contributed by atoms with Crippen LogP contribution >= 0.6 is 0 Å². The Morgan fingerprint density at radius 1 is 1.25 bits per heavy atom. The van der Waals surface area contributed by atoms with Crippen LogP contribution in [0.3, 0.4) is 0 Å². The molecule has 1 aromatic heterocycles. The molecule has 1 N–H and O–H groups in total. The standard InChI is InChI=1S/C14H18O2/c1-9-6-5-7-10-8-11(16-12(9)10)13(15)14(2,3)4/h5-8,13,15H,1-4H3. The van der Waals surface area contributed by atoms with Gasteiger partial charge in [-0.2, -0.15) is 0 Å². The molecule has 2 heteroatoms. The third-order valence-corrected chi connectivity index (χ3v) is 2.85. The molecule has 2 rings (SSSR count). The number of hydrogen-bond donors (Lipinski definition) is 1. The van der Waals surface area contributed by atoms with Crippen LogP contribution in [-0.2, 0) is 0 Å². The van der Waals surface area contributed by atoms with Crippen LogP contribution in [0.4, 0.5) is 0 Å². The molecule has 1 heterocycles. The van der Waals surface area contributed by atoms with Crippen molar-refractivity contribution in [2.75, 3.05) is 0 Å². The minimum Gasteiger partial charge on any atom is -0.458 e. The Morgan fingerprint density at radius 3 is 2.50 bits per heavy atom. The van der Waals surface area contributed by atoms with Crippen molar-refractivity contribution in [3.8, 4) is 0 Å². The van der Waals surface area contributed by atoms with Gasteiger partial charge < -0.3 is 9.52 Å². The second-order valence-electron chi connectivity index (χ2n) is 5.41. The van der Waals surface area contributed by atoms with Crippen LogP contribution in [0, 0.1) is 12.3 Å². The van der Waals surface area contributed by atoms with Gasteiger partial charge in [-0.25, -0.2) is 0 Å². The van der Waals surface area contributed by atoms with E-state index in [1.165, 1.54) is 0 Å². The van der Waals surface area contributed by atoms with Gasteiger partial charge in [-0.15, -0.1) is 0 Å². The Labute approximate surface area is 95.9 Å². The first kappa shape index (κ1) is 11.2. The highest BCUT2D eigenvalue weighted by Gasteiger charge is 2.27. The molecule has 0 aliphatic carbocycles. The fourth-order valence-corrected chi connectivity index (χ4v) is 1.79. The molecule has 0 radical (unpaired) electrons. The maximum absolute atomic E-state index is 10.2. The monoisotopic (exact) mass is 218 g/mol. The first-order chi connectivity index (χ1) is 7.39. The topological polar surface area (TPSA) is 33.4 Å². The zero-order valence-corrected chi connectivity index (χ0v) is 10.2. The van der Waals surface area contributed by atoms with E-state index in [2.05, 4.69) is 0 Å². The minimum atomic E-state index is -0.570. The second-order valence-corrected chi connectivity index (χ2v) is 5.41. The van der Waals surface area contributed by atoms with Crippen molar-refractivity contribution in [2.45, 2.75) is 33.8 Å². The van der Waals surface area contributed by atoms with Crippen LogP contribution in [0.5, 0.6) is 0 Å². The number of aliphatic hydroxyl groups excluding tert-OH is 1. The predicted octanol–water partition coefficient (Wildman–Crippen LogP) is 3.82. The number of benzene rings is 1. The van der Waals surface area contributed by atoms with Gasteiger partial charge in [0.15, 0.2) is 0 Å². The van der Waals surface area contributed by atoms with Crippen LogP contribution in [0.15, 0.2) is 28.7 Å². The maximum atomic E-state index is 10.2. The highest BCUT2D eigenvalue weighted by Crippen LogP contribution is 2.35. The van der Waals surface area contributed by atoms with Crippen LogP contribution < -0.4 is 0 Å². The van der Waals surface area contributed by atoms with Crippen molar-refractivity contribution in [1.29, 1.82) is 0 Å². The quantitative estimate of drug-likeness (QED) is 0.789. The molecule has 0 aliphatic heterocycles. The van der Waals surface area contributed by atoms with E-state index in [1.54, 1.807) is 0 Å². The highest BCUT2D eigenvalue weighted by atomic mass is 16.4. The van der Waals surface area contributed by atoms with E-state index in [9.17, 15) is 5.11 Å². The molecule has 0 bridgehead atoms. The summed E-state index contributed by atoms with van der Waals surface area (Å²) in [6, 6.07) is 7.95.